The van der Waals surface area contributed by atoms with Crippen molar-refractivity contribution in [3.8, 4) is 0 Å². The minimum Gasteiger partial charge on any atom is -0.502 e. The Balaban J connectivity index is 5.17. The Hall–Kier alpha value is -1.83. The molecule has 8 heteroatoms. The van der Waals surface area contributed by atoms with Crippen LogP contribution in [0.1, 0.15) is 46.5 Å². The number of hydrogen-bond donors (Lipinski definition) is 3. The predicted octanol–water partition coefficient (Wildman–Crippen LogP) is 3.69. The van der Waals surface area contributed by atoms with E-state index in [4.69, 9.17) is 34.2 Å². The van der Waals surface area contributed by atoms with E-state index in [1.165, 1.54) is 6.26 Å². The lowest BCUT2D eigenvalue weighted by Gasteiger charge is -2.30. The SMILES string of the molecule is C=COCCC[Si](OC(=N)CC)(OC(=N)CC)OC(=N)CC. The van der Waals surface area contributed by atoms with Crippen LogP contribution in [-0.2, 0) is 18.0 Å². The van der Waals surface area contributed by atoms with Gasteiger partial charge in [-0.05, 0) is 6.42 Å². The van der Waals surface area contributed by atoms with Crippen LogP contribution in [0.15, 0.2) is 12.8 Å². The summed E-state index contributed by atoms with van der Waals surface area (Å²) < 4.78 is 22.0. The van der Waals surface area contributed by atoms with Gasteiger partial charge in [-0.3, -0.25) is 16.2 Å². The Bertz CT molecular complexity index is 356. The molecule has 3 N–H and O–H groups in total. The molecule has 126 valence electrons. The third kappa shape index (κ3) is 7.82. The van der Waals surface area contributed by atoms with Crippen molar-refractivity contribution in [1.29, 1.82) is 16.2 Å². The van der Waals surface area contributed by atoms with Crippen LogP contribution in [0.4, 0.5) is 0 Å². The van der Waals surface area contributed by atoms with E-state index in [-0.39, 0.29) is 17.7 Å². The third-order valence-corrected chi connectivity index (χ3v) is 5.30. The summed E-state index contributed by atoms with van der Waals surface area (Å²) in [6, 6.07) is 0.355. The summed E-state index contributed by atoms with van der Waals surface area (Å²) >= 11 is 0. The molecular weight excluding hydrogens is 302 g/mol. The van der Waals surface area contributed by atoms with Crippen LogP contribution in [0.25, 0.3) is 0 Å². The van der Waals surface area contributed by atoms with Gasteiger partial charge in [0.25, 0.3) is 0 Å². The van der Waals surface area contributed by atoms with Crippen molar-refractivity contribution in [1.82, 2.24) is 0 Å². The molecule has 0 saturated carbocycles. The fraction of sp³-hybridized carbons (Fsp3) is 0.643. The molecule has 0 saturated heterocycles. The molecule has 0 aromatic rings. The van der Waals surface area contributed by atoms with E-state index < -0.39 is 8.80 Å². The molecule has 0 bridgehead atoms. The Kier molecular flexibility index (Phi) is 9.93. The van der Waals surface area contributed by atoms with Gasteiger partial charge < -0.3 is 18.0 Å². The highest BCUT2D eigenvalue weighted by atomic mass is 28.4. The summed E-state index contributed by atoms with van der Waals surface area (Å²) in [6.45, 7) is 9.25. The summed E-state index contributed by atoms with van der Waals surface area (Å²) in [5.74, 6) is 0.0948. The Morgan fingerprint density at radius 3 is 1.64 bits per heavy atom. The zero-order valence-electron chi connectivity index (χ0n) is 13.7. The van der Waals surface area contributed by atoms with E-state index in [0.717, 1.165) is 0 Å². The number of rotatable bonds is 11. The van der Waals surface area contributed by atoms with Crippen LogP contribution in [0.3, 0.4) is 0 Å². The summed E-state index contributed by atoms with van der Waals surface area (Å²) in [4.78, 5) is 0. The van der Waals surface area contributed by atoms with Crippen LogP contribution < -0.4 is 0 Å². The maximum Gasteiger partial charge on any atom is 0.701 e. The fourth-order valence-electron chi connectivity index (χ4n) is 1.45. The summed E-state index contributed by atoms with van der Waals surface area (Å²) in [7, 11) is -3.39. The van der Waals surface area contributed by atoms with Gasteiger partial charge in [-0.2, -0.15) is 0 Å². The second kappa shape index (κ2) is 10.8. The first-order valence-electron chi connectivity index (χ1n) is 7.44. The first-order valence-corrected chi connectivity index (χ1v) is 9.37. The average molecular weight is 329 g/mol. The van der Waals surface area contributed by atoms with Crippen molar-refractivity contribution in [3.63, 3.8) is 0 Å². The molecule has 0 radical (unpaired) electrons. The van der Waals surface area contributed by atoms with Crippen molar-refractivity contribution in [3.05, 3.63) is 12.8 Å². The van der Waals surface area contributed by atoms with Crippen LogP contribution in [0.5, 0.6) is 0 Å². The Morgan fingerprint density at radius 2 is 1.32 bits per heavy atom. The number of ether oxygens (including phenoxy) is 1. The Labute approximate surface area is 133 Å². The van der Waals surface area contributed by atoms with Crippen LogP contribution >= 0.6 is 0 Å². The van der Waals surface area contributed by atoms with E-state index >= 15 is 0 Å². The number of hydrogen-bond acceptors (Lipinski definition) is 7. The molecule has 0 spiro atoms. The van der Waals surface area contributed by atoms with Gasteiger partial charge in [0.15, 0.2) is 17.7 Å². The first kappa shape index (κ1) is 20.2. The zero-order chi connectivity index (χ0) is 17.0. The second-order valence-corrected chi connectivity index (χ2v) is 6.94. The van der Waals surface area contributed by atoms with Crippen LogP contribution in [-0.4, -0.2) is 33.1 Å². The van der Waals surface area contributed by atoms with Crippen molar-refractivity contribution in [2.24, 2.45) is 0 Å². The molecule has 0 aromatic heterocycles. The smallest absolute Gasteiger partial charge is 0.502 e. The second-order valence-electron chi connectivity index (χ2n) is 4.46. The Morgan fingerprint density at radius 1 is 0.909 bits per heavy atom. The normalized spacial score (nSPS) is 12.7. The van der Waals surface area contributed by atoms with Crippen molar-refractivity contribution in [2.45, 2.75) is 52.5 Å². The van der Waals surface area contributed by atoms with E-state index in [1.807, 2.05) is 0 Å². The van der Waals surface area contributed by atoms with Crippen LogP contribution in [0.2, 0.25) is 6.04 Å². The van der Waals surface area contributed by atoms with E-state index in [9.17, 15) is 0 Å². The zero-order valence-corrected chi connectivity index (χ0v) is 14.7. The van der Waals surface area contributed by atoms with Crippen molar-refractivity contribution in [2.75, 3.05) is 6.61 Å². The fourth-order valence-corrected chi connectivity index (χ4v) is 4.02. The molecule has 0 aliphatic rings. The van der Waals surface area contributed by atoms with Gasteiger partial charge in [0, 0.05) is 19.3 Å². The highest BCUT2D eigenvalue weighted by molar-refractivity contribution is 6.65. The van der Waals surface area contributed by atoms with E-state index in [0.29, 0.717) is 38.3 Å². The molecule has 0 amide bonds. The van der Waals surface area contributed by atoms with E-state index in [2.05, 4.69) is 6.58 Å². The summed E-state index contributed by atoms with van der Waals surface area (Å²) in [5.41, 5.74) is 0. The molecule has 0 aliphatic heterocycles. The third-order valence-electron chi connectivity index (χ3n) is 2.66. The van der Waals surface area contributed by atoms with E-state index in [1.54, 1.807) is 20.8 Å². The van der Waals surface area contributed by atoms with Gasteiger partial charge in [0.2, 0.25) is 0 Å². The summed E-state index contributed by atoms with van der Waals surface area (Å²) in [5, 5.41) is 23.3. The van der Waals surface area contributed by atoms with Crippen molar-refractivity contribution >= 4 is 26.5 Å². The molecule has 0 aliphatic carbocycles. The molecule has 0 aromatic carbocycles. The lowest BCUT2D eigenvalue weighted by molar-refractivity contribution is 0.212. The largest absolute Gasteiger partial charge is 0.701 e. The van der Waals surface area contributed by atoms with Gasteiger partial charge in [-0.15, -0.1) is 0 Å². The molecular formula is C14H27N3O4Si. The van der Waals surface area contributed by atoms with Gasteiger partial charge in [-0.1, -0.05) is 27.4 Å². The number of nitrogens with one attached hydrogen (secondary N) is 3. The molecule has 0 heterocycles. The lowest BCUT2D eigenvalue weighted by atomic mass is 10.5. The molecule has 22 heavy (non-hydrogen) atoms. The van der Waals surface area contributed by atoms with Crippen molar-refractivity contribution < 1.29 is 18.0 Å². The highest BCUT2D eigenvalue weighted by Crippen LogP contribution is 2.21. The molecule has 0 rings (SSSR count). The monoisotopic (exact) mass is 329 g/mol. The average Bonchev–Trinajstić information content (AvgIpc) is 2.51. The molecule has 0 unspecified atom stereocenters. The van der Waals surface area contributed by atoms with Gasteiger partial charge in [0.05, 0.1) is 18.9 Å². The maximum absolute atomic E-state index is 7.78. The van der Waals surface area contributed by atoms with Gasteiger partial charge in [0.1, 0.15) is 0 Å². The minimum atomic E-state index is -3.39. The van der Waals surface area contributed by atoms with Gasteiger partial charge in [-0.25, -0.2) is 0 Å². The topological polar surface area (TPSA) is 108 Å². The summed E-state index contributed by atoms with van der Waals surface area (Å²) in [6.07, 6.45) is 3.09. The lowest BCUT2D eigenvalue weighted by Crippen LogP contribution is -2.50. The standard InChI is InChI=1S/C14H27N3O4Si/c1-5-12(15)19-22(20-13(16)6-2,21-14(17)7-3)11-9-10-18-8-4/h8,15-17H,4-7,9-11H2,1-3H3. The molecule has 0 atom stereocenters. The van der Waals surface area contributed by atoms with Crippen LogP contribution in [0, 0.1) is 16.2 Å². The minimum absolute atomic E-state index is 0.0316. The maximum atomic E-state index is 7.78. The molecule has 7 nitrogen and oxygen atoms in total. The van der Waals surface area contributed by atoms with Gasteiger partial charge >= 0.3 is 8.80 Å². The quantitative estimate of drug-likeness (QED) is 0.176. The molecule has 0 fully saturated rings. The first-order chi connectivity index (χ1) is 10.4. The highest BCUT2D eigenvalue weighted by Gasteiger charge is 2.50. The predicted molar refractivity (Wildman–Crippen MR) is 88.6 cm³/mol.